The Kier molecular flexibility index (Phi) is 9.23. The third-order valence-electron chi connectivity index (χ3n) is 4.39. The van der Waals surface area contributed by atoms with E-state index in [9.17, 15) is 8.42 Å². The van der Waals surface area contributed by atoms with Crippen LogP contribution in [0.15, 0.2) is 41.6 Å². The predicted molar refractivity (Wildman–Crippen MR) is 109 cm³/mol. The van der Waals surface area contributed by atoms with Crippen LogP contribution in [0.2, 0.25) is 0 Å². The number of nitrogens with zero attached hydrogens (tertiary/aromatic N) is 2. The summed E-state index contributed by atoms with van der Waals surface area (Å²) in [4.78, 5) is 4.44. The van der Waals surface area contributed by atoms with E-state index >= 15 is 0 Å². The van der Waals surface area contributed by atoms with Gasteiger partial charge in [0.05, 0.1) is 4.90 Å². The Labute approximate surface area is 167 Å². The number of hydrogen-bond donors (Lipinski definition) is 2. The van der Waals surface area contributed by atoms with Crippen LogP contribution in [-0.4, -0.2) is 43.4 Å². The lowest BCUT2D eigenvalue weighted by Crippen LogP contribution is -2.49. The Morgan fingerprint density at radius 2 is 1.92 bits per heavy atom. The van der Waals surface area contributed by atoms with Gasteiger partial charge in [-0.15, -0.1) is 24.8 Å². The Balaban J connectivity index is 0.00000169. The minimum atomic E-state index is -3.48. The Morgan fingerprint density at radius 3 is 2.62 bits per heavy atom. The summed E-state index contributed by atoms with van der Waals surface area (Å²) in [5.74, 6) is 0. The van der Waals surface area contributed by atoms with Gasteiger partial charge in [0.1, 0.15) is 0 Å². The lowest BCUT2D eigenvalue weighted by molar-refractivity contribution is 0.271. The number of hydrogen-bond acceptors (Lipinski definition) is 5. The lowest BCUT2D eigenvalue weighted by atomic mass is 10.1. The van der Waals surface area contributed by atoms with Crippen molar-refractivity contribution in [3.8, 4) is 0 Å². The van der Waals surface area contributed by atoms with Gasteiger partial charge in [0.25, 0.3) is 0 Å². The minimum Gasteiger partial charge on any atom is -0.264 e. The van der Waals surface area contributed by atoms with Crippen LogP contribution < -0.4 is 10.9 Å². The quantitative estimate of drug-likeness (QED) is 0.554. The number of nitrogens with one attached hydrogen (secondary N) is 2. The third-order valence-corrected chi connectivity index (χ3v) is 6.35. The average molecular weight is 421 g/mol. The van der Waals surface area contributed by atoms with Crippen LogP contribution in [0.25, 0.3) is 10.8 Å². The number of piperidine rings is 1. The van der Waals surface area contributed by atoms with Crippen LogP contribution in [-0.2, 0) is 10.0 Å². The second-order valence-electron chi connectivity index (χ2n) is 6.10. The smallest absolute Gasteiger partial charge is 0.243 e. The molecule has 0 aliphatic carbocycles. The van der Waals surface area contributed by atoms with Crippen LogP contribution in [0.4, 0.5) is 0 Å². The van der Waals surface area contributed by atoms with Gasteiger partial charge in [0, 0.05) is 48.8 Å². The highest BCUT2D eigenvalue weighted by molar-refractivity contribution is 7.89. The van der Waals surface area contributed by atoms with Gasteiger partial charge >= 0.3 is 0 Å². The van der Waals surface area contributed by atoms with Crippen LogP contribution in [0.5, 0.6) is 0 Å². The van der Waals surface area contributed by atoms with Crippen LogP contribution in [0.1, 0.15) is 26.2 Å². The van der Waals surface area contributed by atoms with Crippen LogP contribution in [0, 0.1) is 0 Å². The SMILES string of the molecule is CCCNNC1CCN(S(=O)(=O)c2cccc3cnccc23)CC1.Cl.Cl. The molecule has 0 bridgehead atoms. The van der Waals surface area contributed by atoms with Crippen molar-refractivity contribution in [2.45, 2.75) is 37.1 Å². The van der Waals surface area contributed by atoms with E-state index in [-0.39, 0.29) is 24.8 Å². The molecule has 1 aliphatic heterocycles. The second kappa shape index (κ2) is 10.4. The first-order valence-electron chi connectivity index (χ1n) is 8.44. The first-order chi connectivity index (χ1) is 11.6. The topological polar surface area (TPSA) is 74.3 Å². The molecule has 0 amide bonds. The van der Waals surface area contributed by atoms with Gasteiger partial charge in [0.15, 0.2) is 0 Å². The molecule has 1 aromatic heterocycles. The summed E-state index contributed by atoms with van der Waals surface area (Å²) >= 11 is 0. The summed E-state index contributed by atoms with van der Waals surface area (Å²) in [6.45, 7) is 4.11. The highest BCUT2D eigenvalue weighted by Crippen LogP contribution is 2.27. The first-order valence-corrected chi connectivity index (χ1v) is 9.88. The molecule has 26 heavy (non-hydrogen) atoms. The van der Waals surface area contributed by atoms with Gasteiger partial charge in [-0.25, -0.2) is 8.42 Å². The maximum atomic E-state index is 13.0. The molecule has 0 atom stereocenters. The Morgan fingerprint density at radius 1 is 1.19 bits per heavy atom. The molecule has 2 aromatic rings. The summed E-state index contributed by atoms with van der Waals surface area (Å²) in [6.07, 6.45) is 6.02. The fourth-order valence-corrected chi connectivity index (χ4v) is 4.72. The molecule has 3 rings (SSSR count). The largest absolute Gasteiger partial charge is 0.264 e. The highest BCUT2D eigenvalue weighted by Gasteiger charge is 2.30. The van der Waals surface area contributed by atoms with Gasteiger partial charge in [-0.3, -0.25) is 15.8 Å². The summed E-state index contributed by atoms with van der Waals surface area (Å²) in [5, 5.41) is 1.58. The molecular weight excluding hydrogens is 395 g/mol. The molecule has 2 heterocycles. The fraction of sp³-hybridized carbons (Fsp3) is 0.471. The summed E-state index contributed by atoms with van der Waals surface area (Å²) in [6, 6.07) is 7.44. The zero-order valence-corrected chi connectivity index (χ0v) is 17.2. The zero-order valence-electron chi connectivity index (χ0n) is 14.7. The molecule has 146 valence electrons. The molecule has 2 N–H and O–H groups in total. The van der Waals surface area contributed by atoms with Crippen molar-refractivity contribution in [1.29, 1.82) is 0 Å². The number of fused-ring (bicyclic) bond motifs is 1. The standard InChI is InChI=1S/C17H24N4O2S.2ClH/c1-2-9-19-20-15-7-11-21(12-8-15)24(22,23)17-5-3-4-14-13-18-10-6-16(14)17;;/h3-6,10,13,15,19-20H,2,7-9,11-12H2,1H3;2*1H. The fourth-order valence-electron chi connectivity index (χ4n) is 3.04. The van der Waals surface area contributed by atoms with E-state index in [1.165, 1.54) is 0 Å². The average Bonchev–Trinajstić information content (AvgIpc) is 2.62. The van der Waals surface area contributed by atoms with Crippen molar-refractivity contribution in [3.05, 3.63) is 36.7 Å². The van der Waals surface area contributed by atoms with Crippen molar-refractivity contribution in [1.82, 2.24) is 20.1 Å². The number of benzene rings is 1. The van der Waals surface area contributed by atoms with Crippen molar-refractivity contribution in [3.63, 3.8) is 0 Å². The van der Waals surface area contributed by atoms with E-state index in [1.807, 2.05) is 6.07 Å². The maximum Gasteiger partial charge on any atom is 0.243 e. The minimum absolute atomic E-state index is 0. The van der Waals surface area contributed by atoms with Gasteiger partial charge < -0.3 is 0 Å². The first kappa shape index (κ1) is 23.1. The van der Waals surface area contributed by atoms with E-state index in [4.69, 9.17) is 0 Å². The van der Waals surface area contributed by atoms with Crippen LogP contribution >= 0.6 is 24.8 Å². The summed E-state index contributed by atoms with van der Waals surface area (Å²) in [5.41, 5.74) is 6.47. The monoisotopic (exact) mass is 420 g/mol. The predicted octanol–water partition coefficient (Wildman–Crippen LogP) is 2.74. The number of rotatable bonds is 6. The van der Waals surface area contributed by atoms with Crippen molar-refractivity contribution in [2.75, 3.05) is 19.6 Å². The lowest BCUT2D eigenvalue weighted by Gasteiger charge is -2.32. The molecule has 9 heteroatoms. The van der Waals surface area contributed by atoms with Crippen molar-refractivity contribution < 1.29 is 8.42 Å². The van der Waals surface area contributed by atoms with Crippen molar-refractivity contribution in [2.24, 2.45) is 0 Å². The molecule has 0 spiro atoms. The van der Waals surface area contributed by atoms with Gasteiger partial charge in [-0.1, -0.05) is 19.1 Å². The number of pyridine rings is 1. The van der Waals surface area contributed by atoms with E-state index in [0.717, 1.165) is 36.6 Å². The molecule has 0 radical (unpaired) electrons. The molecule has 0 unspecified atom stereocenters. The second-order valence-corrected chi connectivity index (χ2v) is 8.01. The number of hydrazine groups is 1. The van der Waals surface area contributed by atoms with E-state index in [0.29, 0.717) is 24.0 Å². The van der Waals surface area contributed by atoms with Crippen LogP contribution in [0.3, 0.4) is 0 Å². The molecule has 1 aliphatic rings. The summed E-state index contributed by atoms with van der Waals surface area (Å²) in [7, 11) is -3.48. The number of halogens is 2. The van der Waals surface area contributed by atoms with Gasteiger partial charge in [-0.05, 0) is 31.4 Å². The molecule has 1 fully saturated rings. The zero-order chi connectivity index (χ0) is 17.0. The molecule has 0 saturated carbocycles. The van der Waals surface area contributed by atoms with E-state index < -0.39 is 10.0 Å². The molecule has 6 nitrogen and oxygen atoms in total. The maximum absolute atomic E-state index is 13.0. The number of sulfonamides is 1. The molecule has 1 saturated heterocycles. The Bertz CT molecular complexity index is 791. The summed E-state index contributed by atoms with van der Waals surface area (Å²) < 4.78 is 27.7. The van der Waals surface area contributed by atoms with E-state index in [1.54, 1.807) is 34.9 Å². The number of aromatic nitrogens is 1. The van der Waals surface area contributed by atoms with Crippen molar-refractivity contribution >= 4 is 45.6 Å². The highest BCUT2D eigenvalue weighted by atomic mass is 35.5. The van der Waals surface area contributed by atoms with E-state index in [2.05, 4.69) is 22.8 Å². The normalized spacial score (nSPS) is 16.0. The molecular formula is C17H26Cl2N4O2S. The third kappa shape index (κ3) is 5.06. The van der Waals surface area contributed by atoms with Gasteiger partial charge in [0.2, 0.25) is 10.0 Å². The molecule has 1 aromatic carbocycles. The van der Waals surface area contributed by atoms with Gasteiger partial charge in [-0.2, -0.15) is 4.31 Å². The Hall–Kier alpha value is -0.960.